The van der Waals surface area contributed by atoms with E-state index in [1.54, 1.807) is 32.6 Å². The number of para-hydroxylation sites is 1. The number of nitrogens with zero attached hydrogens (tertiary/aromatic N) is 5. The first kappa shape index (κ1) is 21.5. The highest BCUT2D eigenvalue weighted by Crippen LogP contribution is 2.37. The fraction of sp³-hybridized carbons (Fsp3) is 0.0714. The third kappa shape index (κ3) is 3.14. The molecule has 7 nitrogen and oxygen atoms in total. The fourth-order valence-electron chi connectivity index (χ4n) is 4.62. The van der Waals surface area contributed by atoms with Gasteiger partial charge in [0.25, 0.3) is 0 Å². The summed E-state index contributed by atoms with van der Waals surface area (Å²) in [5.41, 5.74) is 3.92. The Morgan fingerprint density at radius 2 is 1.81 bits per heavy atom. The van der Waals surface area contributed by atoms with Crippen LogP contribution >= 0.6 is 0 Å². The van der Waals surface area contributed by atoms with Crippen molar-refractivity contribution in [2.75, 3.05) is 7.11 Å². The smallest absolute Gasteiger partial charge is 0.333 e. The Kier molecular flexibility index (Phi) is 4.80. The number of benzene rings is 3. The molecule has 0 radical (unpaired) electrons. The zero-order chi connectivity index (χ0) is 25.0. The molecule has 0 aliphatic carbocycles. The van der Waals surface area contributed by atoms with Crippen LogP contribution in [0.2, 0.25) is 0 Å². The Morgan fingerprint density at radius 3 is 2.58 bits per heavy atom. The van der Waals surface area contributed by atoms with Crippen molar-refractivity contribution in [2.24, 2.45) is 7.05 Å². The van der Waals surface area contributed by atoms with Crippen molar-refractivity contribution in [1.29, 1.82) is 5.26 Å². The summed E-state index contributed by atoms with van der Waals surface area (Å²) in [6, 6.07) is 19.5. The molecule has 0 aliphatic heterocycles. The number of halogens is 1. The summed E-state index contributed by atoms with van der Waals surface area (Å²) in [7, 11) is 3.20. The van der Waals surface area contributed by atoms with Crippen LogP contribution in [0.3, 0.4) is 0 Å². The highest BCUT2D eigenvalue weighted by molar-refractivity contribution is 6.06. The molecule has 0 saturated heterocycles. The van der Waals surface area contributed by atoms with E-state index in [1.165, 1.54) is 21.3 Å². The Hall–Kier alpha value is -5.03. The van der Waals surface area contributed by atoms with Crippen molar-refractivity contribution in [3.63, 3.8) is 0 Å². The number of fused-ring (bicyclic) bond motifs is 4. The third-order valence-corrected chi connectivity index (χ3v) is 6.42. The molecule has 36 heavy (non-hydrogen) atoms. The van der Waals surface area contributed by atoms with Crippen LogP contribution in [-0.2, 0) is 7.05 Å². The molecule has 0 unspecified atom stereocenters. The number of nitriles is 1. The molecule has 6 aromatic rings. The molecule has 0 amide bonds. The molecule has 0 atom stereocenters. The Bertz CT molecular complexity index is 1950. The third-order valence-electron chi connectivity index (χ3n) is 6.42. The first-order valence-electron chi connectivity index (χ1n) is 11.1. The second-order valence-corrected chi connectivity index (χ2v) is 8.43. The Balaban J connectivity index is 1.71. The van der Waals surface area contributed by atoms with E-state index in [0.717, 1.165) is 28.1 Å². The van der Waals surface area contributed by atoms with Crippen molar-refractivity contribution >= 4 is 32.8 Å². The van der Waals surface area contributed by atoms with E-state index in [4.69, 9.17) is 10.00 Å². The minimum absolute atomic E-state index is 0.0573. The molecule has 3 aromatic heterocycles. The number of imidazole rings is 1. The predicted molar refractivity (Wildman–Crippen MR) is 136 cm³/mol. The predicted octanol–water partition coefficient (Wildman–Crippen LogP) is 5.11. The highest BCUT2D eigenvalue weighted by Gasteiger charge is 2.20. The lowest BCUT2D eigenvalue weighted by atomic mass is 10.0. The minimum Gasteiger partial charge on any atom is -0.496 e. The van der Waals surface area contributed by atoms with Gasteiger partial charge in [0, 0.05) is 41.2 Å². The second kappa shape index (κ2) is 8.03. The van der Waals surface area contributed by atoms with Crippen molar-refractivity contribution in [3.8, 4) is 28.6 Å². The number of hydrogen-bond donors (Lipinski definition) is 0. The zero-order valence-corrected chi connectivity index (χ0v) is 19.4. The largest absolute Gasteiger partial charge is 0.496 e. The molecule has 0 bridgehead atoms. The van der Waals surface area contributed by atoms with Crippen molar-refractivity contribution in [1.82, 2.24) is 19.1 Å². The number of aromatic nitrogens is 4. The van der Waals surface area contributed by atoms with Gasteiger partial charge < -0.3 is 4.74 Å². The van der Waals surface area contributed by atoms with Gasteiger partial charge in [0.15, 0.2) is 0 Å². The number of rotatable bonds is 3. The highest BCUT2D eigenvalue weighted by atomic mass is 19.1. The number of hydrogen-bond acceptors (Lipinski definition) is 5. The number of methoxy groups -OCH3 is 1. The van der Waals surface area contributed by atoms with Crippen molar-refractivity contribution < 1.29 is 9.13 Å². The van der Waals surface area contributed by atoms with Crippen LogP contribution in [0.4, 0.5) is 4.39 Å². The molecule has 174 valence electrons. The van der Waals surface area contributed by atoms with E-state index in [0.29, 0.717) is 27.7 Å². The van der Waals surface area contributed by atoms with Gasteiger partial charge in [-0.15, -0.1) is 0 Å². The van der Waals surface area contributed by atoms with Gasteiger partial charge >= 0.3 is 5.69 Å². The number of pyridine rings is 2. The van der Waals surface area contributed by atoms with Crippen LogP contribution in [0.25, 0.3) is 49.7 Å². The van der Waals surface area contributed by atoms with Gasteiger partial charge in [-0.25, -0.2) is 9.18 Å². The lowest BCUT2D eigenvalue weighted by Gasteiger charge is -2.13. The maximum Gasteiger partial charge on any atom is 0.333 e. The first-order valence-corrected chi connectivity index (χ1v) is 11.1. The monoisotopic (exact) mass is 475 g/mol. The molecule has 0 saturated carbocycles. The summed E-state index contributed by atoms with van der Waals surface area (Å²) in [6.45, 7) is 0. The van der Waals surface area contributed by atoms with Crippen LogP contribution in [-0.4, -0.2) is 26.2 Å². The summed E-state index contributed by atoms with van der Waals surface area (Å²) in [5, 5.41) is 10.8. The average Bonchev–Trinajstić information content (AvgIpc) is 3.17. The first-order chi connectivity index (χ1) is 17.5. The average molecular weight is 475 g/mol. The van der Waals surface area contributed by atoms with Gasteiger partial charge in [0.1, 0.15) is 11.6 Å². The molecular formula is C28H18FN5O2. The topological polar surface area (TPSA) is 85.7 Å². The van der Waals surface area contributed by atoms with E-state index in [9.17, 15) is 4.79 Å². The van der Waals surface area contributed by atoms with Gasteiger partial charge in [0.05, 0.1) is 52.7 Å². The van der Waals surface area contributed by atoms with Crippen LogP contribution < -0.4 is 10.4 Å². The minimum atomic E-state index is -0.666. The van der Waals surface area contributed by atoms with E-state index < -0.39 is 11.5 Å². The zero-order valence-electron chi connectivity index (χ0n) is 19.4. The molecule has 3 aromatic carbocycles. The molecule has 3 heterocycles. The SMILES string of the molecule is COc1cc2ncc3c(c2cc1-c1cnc2ccccc2c1)n(-c1ccc(C#N)cc1F)c(=O)n3C. The van der Waals surface area contributed by atoms with Crippen molar-refractivity contribution in [3.05, 3.63) is 94.9 Å². The maximum absolute atomic E-state index is 15.1. The second-order valence-electron chi connectivity index (χ2n) is 8.43. The number of aryl methyl sites for hydroxylation is 1. The Labute approximate surface area is 204 Å². The van der Waals surface area contributed by atoms with E-state index in [-0.39, 0.29) is 11.3 Å². The van der Waals surface area contributed by atoms with E-state index >= 15 is 4.39 Å². The number of ether oxygens (including phenoxy) is 1. The molecule has 0 aliphatic rings. The summed E-state index contributed by atoms with van der Waals surface area (Å²) in [6.07, 6.45) is 3.37. The van der Waals surface area contributed by atoms with Crippen LogP contribution in [0.5, 0.6) is 5.75 Å². The maximum atomic E-state index is 15.1. The Morgan fingerprint density at radius 1 is 1.00 bits per heavy atom. The lowest BCUT2D eigenvalue weighted by molar-refractivity contribution is 0.417. The lowest BCUT2D eigenvalue weighted by Crippen LogP contribution is -2.21. The summed E-state index contributed by atoms with van der Waals surface area (Å²) < 4.78 is 23.5. The molecule has 6 rings (SSSR count). The summed E-state index contributed by atoms with van der Waals surface area (Å²) >= 11 is 0. The van der Waals surface area contributed by atoms with Crippen LogP contribution in [0, 0.1) is 17.1 Å². The quantitative estimate of drug-likeness (QED) is 0.355. The molecule has 0 N–H and O–H groups in total. The van der Waals surface area contributed by atoms with Gasteiger partial charge in [-0.2, -0.15) is 5.26 Å². The normalized spacial score (nSPS) is 11.3. The molecule has 8 heteroatoms. The van der Waals surface area contributed by atoms with Gasteiger partial charge in [-0.05, 0) is 36.4 Å². The molecule has 0 spiro atoms. The van der Waals surface area contributed by atoms with Gasteiger partial charge in [-0.3, -0.25) is 19.1 Å². The van der Waals surface area contributed by atoms with Crippen LogP contribution in [0.1, 0.15) is 5.56 Å². The standard InChI is InChI=1S/C28H18FN5O2/c1-33-25-15-32-23-12-26(36-2)19(18-10-17-5-3-4-6-22(17)31-14-18)11-20(23)27(25)34(28(33)35)24-8-7-16(13-30)9-21(24)29/h3-12,14-15H,1-2H3. The van der Waals surface area contributed by atoms with Crippen LogP contribution in [0.15, 0.2) is 77.9 Å². The van der Waals surface area contributed by atoms with Gasteiger partial charge in [0.2, 0.25) is 0 Å². The molecule has 0 fully saturated rings. The van der Waals surface area contributed by atoms with E-state index in [2.05, 4.69) is 9.97 Å². The summed E-state index contributed by atoms with van der Waals surface area (Å²) in [5.74, 6) is -0.0677. The van der Waals surface area contributed by atoms with Crippen molar-refractivity contribution in [2.45, 2.75) is 0 Å². The summed E-state index contributed by atoms with van der Waals surface area (Å²) in [4.78, 5) is 22.4. The molecular weight excluding hydrogens is 457 g/mol. The fourth-order valence-corrected chi connectivity index (χ4v) is 4.62. The van der Waals surface area contributed by atoms with Gasteiger partial charge in [-0.1, -0.05) is 18.2 Å². The van der Waals surface area contributed by atoms with E-state index in [1.807, 2.05) is 42.5 Å².